The number of ether oxygens (including phenoxy) is 1. The summed E-state index contributed by atoms with van der Waals surface area (Å²) >= 11 is 0. The molecule has 0 aliphatic carbocycles. The number of nitrogens with zero attached hydrogens (tertiary/aromatic N) is 3. The summed E-state index contributed by atoms with van der Waals surface area (Å²) in [6.07, 6.45) is 1.11. The molecule has 1 aliphatic heterocycles. The molecule has 0 N–H and O–H groups in total. The molecule has 0 aromatic heterocycles. The van der Waals surface area contributed by atoms with Gasteiger partial charge in [0.15, 0.2) is 0 Å². The standard InChI is InChI=1S/C22H25N3O5/c1-16-13-18(15-26)14-17(2)22(16)24-10-8-23(9-11-24)21(27)7-12-30-20-5-3-19(4-6-20)25(28)29/h3-6,13-15H,7-12H2,1-2H3. The van der Waals surface area contributed by atoms with Crippen molar-refractivity contribution in [2.75, 3.05) is 37.7 Å². The first kappa shape index (κ1) is 21.3. The van der Waals surface area contributed by atoms with Crippen molar-refractivity contribution in [3.05, 3.63) is 63.2 Å². The minimum absolute atomic E-state index is 0.00238. The van der Waals surface area contributed by atoms with E-state index in [1.54, 1.807) is 0 Å². The number of benzene rings is 2. The average Bonchev–Trinajstić information content (AvgIpc) is 2.74. The molecule has 0 spiro atoms. The largest absolute Gasteiger partial charge is 0.493 e. The van der Waals surface area contributed by atoms with Gasteiger partial charge >= 0.3 is 0 Å². The van der Waals surface area contributed by atoms with Crippen LogP contribution in [0.5, 0.6) is 5.75 Å². The third kappa shape index (κ3) is 4.94. The average molecular weight is 411 g/mol. The van der Waals surface area contributed by atoms with Gasteiger partial charge in [-0.25, -0.2) is 0 Å². The summed E-state index contributed by atoms with van der Waals surface area (Å²) in [5.74, 6) is 0.532. The third-order valence-electron chi connectivity index (χ3n) is 5.23. The molecule has 2 aromatic rings. The predicted octanol–water partition coefficient (Wildman–Crippen LogP) is 3.14. The van der Waals surface area contributed by atoms with Crippen LogP contribution in [0.4, 0.5) is 11.4 Å². The van der Waals surface area contributed by atoms with Crippen LogP contribution in [0.1, 0.15) is 27.9 Å². The van der Waals surface area contributed by atoms with E-state index in [1.165, 1.54) is 24.3 Å². The van der Waals surface area contributed by atoms with Gasteiger partial charge < -0.3 is 14.5 Å². The second kappa shape index (κ2) is 9.39. The van der Waals surface area contributed by atoms with Crippen molar-refractivity contribution in [3.8, 4) is 5.75 Å². The second-order valence-electron chi connectivity index (χ2n) is 7.34. The Morgan fingerprint density at radius 1 is 1.10 bits per heavy atom. The molecule has 158 valence electrons. The van der Waals surface area contributed by atoms with E-state index in [9.17, 15) is 19.7 Å². The van der Waals surface area contributed by atoms with E-state index in [-0.39, 0.29) is 24.6 Å². The monoisotopic (exact) mass is 411 g/mol. The number of rotatable bonds is 7. The lowest BCUT2D eigenvalue weighted by Crippen LogP contribution is -2.49. The SMILES string of the molecule is Cc1cc(C=O)cc(C)c1N1CCN(C(=O)CCOc2ccc([N+](=O)[O-])cc2)CC1. The number of nitro groups is 1. The lowest BCUT2D eigenvalue weighted by molar-refractivity contribution is -0.384. The second-order valence-corrected chi connectivity index (χ2v) is 7.34. The molecule has 0 saturated carbocycles. The van der Waals surface area contributed by atoms with E-state index in [0.717, 1.165) is 36.2 Å². The van der Waals surface area contributed by atoms with Gasteiger partial charge in [0.05, 0.1) is 18.0 Å². The third-order valence-corrected chi connectivity index (χ3v) is 5.23. The van der Waals surface area contributed by atoms with Crippen LogP contribution >= 0.6 is 0 Å². The van der Waals surface area contributed by atoms with Crippen LogP contribution < -0.4 is 9.64 Å². The predicted molar refractivity (Wildman–Crippen MR) is 113 cm³/mol. The van der Waals surface area contributed by atoms with Gasteiger partial charge in [-0.15, -0.1) is 0 Å². The van der Waals surface area contributed by atoms with Crippen molar-refractivity contribution in [3.63, 3.8) is 0 Å². The molecule has 30 heavy (non-hydrogen) atoms. The number of aldehydes is 1. The summed E-state index contributed by atoms with van der Waals surface area (Å²) in [5.41, 5.74) is 3.94. The van der Waals surface area contributed by atoms with Crippen molar-refractivity contribution in [2.24, 2.45) is 0 Å². The number of non-ortho nitro benzene ring substituents is 1. The van der Waals surface area contributed by atoms with Crippen LogP contribution in [0.25, 0.3) is 0 Å². The van der Waals surface area contributed by atoms with Gasteiger partial charge in [-0.2, -0.15) is 0 Å². The molecule has 3 rings (SSSR count). The Hall–Kier alpha value is -3.42. The first-order valence-corrected chi connectivity index (χ1v) is 9.85. The number of carbonyl (C=O) groups excluding carboxylic acids is 2. The molecule has 0 unspecified atom stereocenters. The Bertz CT molecular complexity index is 911. The maximum absolute atomic E-state index is 12.5. The molecule has 1 saturated heterocycles. The summed E-state index contributed by atoms with van der Waals surface area (Å²) in [4.78, 5) is 37.8. The van der Waals surface area contributed by atoms with Crippen molar-refractivity contribution in [1.82, 2.24) is 4.90 Å². The number of nitro benzene ring substituents is 1. The lowest BCUT2D eigenvalue weighted by atomic mass is 10.0. The lowest BCUT2D eigenvalue weighted by Gasteiger charge is -2.37. The number of hydrogen-bond donors (Lipinski definition) is 0. The van der Waals surface area contributed by atoms with Crippen molar-refractivity contribution < 1.29 is 19.2 Å². The highest BCUT2D eigenvalue weighted by atomic mass is 16.6. The Morgan fingerprint density at radius 2 is 1.70 bits per heavy atom. The highest BCUT2D eigenvalue weighted by molar-refractivity contribution is 5.79. The van der Waals surface area contributed by atoms with Crippen LogP contribution in [0.3, 0.4) is 0 Å². The Labute approximate surface area is 175 Å². The molecule has 1 heterocycles. The minimum atomic E-state index is -0.466. The highest BCUT2D eigenvalue weighted by Gasteiger charge is 2.23. The van der Waals surface area contributed by atoms with Gasteiger partial charge in [0, 0.05) is 49.6 Å². The smallest absolute Gasteiger partial charge is 0.269 e. The zero-order valence-corrected chi connectivity index (χ0v) is 17.2. The molecule has 1 aliphatic rings. The zero-order valence-electron chi connectivity index (χ0n) is 17.2. The summed E-state index contributed by atoms with van der Waals surface area (Å²) in [6, 6.07) is 9.60. The Kier molecular flexibility index (Phi) is 6.66. The van der Waals surface area contributed by atoms with Crippen LogP contribution in [0, 0.1) is 24.0 Å². The summed E-state index contributed by atoms with van der Waals surface area (Å²) in [7, 11) is 0. The normalized spacial score (nSPS) is 13.8. The van der Waals surface area contributed by atoms with Gasteiger partial charge in [-0.1, -0.05) is 0 Å². The summed E-state index contributed by atoms with van der Waals surface area (Å²) in [5, 5.41) is 10.7. The fourth-order valence-electron chi connectivity index (χ4n) is 3.81. The Balaban J connectivity index is 1.48. The molecule has 2 aromatic carbocycles. The van der Waals surface area contributed by atoms with Crippen molar-refractivity contribution in [2.45, 2.75) is 20.3 Å². The molecular weight excluding hydrogens is 386 g/mol. The van der Waals surface area contributed by atoms with Crippen LogP contribution in [0.15, 0.2) is 36.4 Å². The first-order valence-electron chi connectivity index (χ1n) is 9.85. The number of carbonyl (C=O) groups is 2. The molecule has 0 atom stereocenters. The highest BCUT2D eigenvalue weighted by Crippen LogP contribution is 2.27. The van der Waals surface area contributed by atoms with Crippen LogP contribution in [0.2, 0.25) is 0 Å². The number of hydrogen-bond acceptors (Lipinski definition) is 6. The van der Waals surface area contributed by atoms with E-state index in [0.29, 0.717) is 24.4 Å². The molecular formula is C22H25N3O5. The minimum Gasteiger partial charge on any atom is -0.493 e. The van der Waals surface area contributed by atoms with E-state index >= 15 is 0 Å². The zero-order chi connectivity index (χ0) is 21.7. The molecule has 1 amide bonds. The topological polar surface area (TPSA) is 93.0 Å². The molecule has 0 radical (unpaired) electrons. The van der Waals surface area contributed by atoms with E-state index in [1.807, 2.05) is 30.9 Å². The van der Waals surface area contributed by atoms with Crippen molar-refractivity contribution in [1.29, 1.82) is 0 Å². The summed E-state index contributed by atoms with van der Waals surface area (Å²) < 4.78 is 5.54. The fourth-order valence-corrected chi connectivity index (χ4v) is 3.81. The quantitative estimate of drug-likeness (QED) is 0.395. The first-order chi connectivity index (χ1) is 14.4. The molecule has 8 heteroatoms. The maximum atomic E-state index is 12.5. The van der Waals surface area contributed by atoms with Gasteiger partial charge in [-0.05, 0) is 49.2 Å². The number of anilines is 1. The van der Waals surface area contributed by atoms with Gasteiger partial charge in [0.1, 0.15) is 12.0 Å². The number of aryl methyl sites for hydroxylation is 2. The maximum Gasteiger partial charge on any atom is 0.269 e. The van der Waals surface area contributed by atoms with Crippen molar-refractivity contribution >= 4 is 23.6 Å². The Morgan fingerprint density at radius 3 is 2.23 bits per heavy atom. The van der Waals surface area contributed by atoms with Gasteiger partial charge in [0.25, 0.3) is 5.69 Å². The number of amides is 1. The van der Waals surface area contributed by atoms with Crippen LogP contribution in [-0.2, 0) is 4.79 Å². The number of piperazine rings is 1. The molecule has 8 nitrogen and oxygen atoms in total. The van der Waals surface area contributed by atoms with Crippen LogP contribution in [-0.4, -0.2) is 54.8 Å². The van der Waals surface area contributed by atoms with E-state index < -0.39 is 4.92 Å². The van der Waals surface area contributed by atoms with Gasteiger partial charge in [0.2, 0.25) is 5.91 Å². The van der Waals surface area contributed by atoms with E-state index in [4.69, 9.17) is 4.74 Å². The fraction of sp³-hybridized carbons (Fsp3) is 0.364. The van der Waals surface area contributed by atoms with Gasteiger partial charge in [-0.3, -0.25) is 19.7 Å². The molecule has 0 bridgehead atoms. The summed E-state index contributed by atoms with van der Waals surface area (Å²) in [6.45, 7) is 6.95. The molecule has 1 fully saturated rings. The van der Waals surface area contributed by atoms with E-state index in [2.05, 4.69) is 4.90 Å².